The molecule has 2 rings (SSSR count). The van der Waals surface area contributed by atoms with Gasteiger partial charge in [0.25, 0.3) is 0 Å². The molecule has 0 aromatic heterocycles. The van der Waals surface area contributed by atoms with Crippen molar-refractivity contribution >= 4 is 52.0 Å². The Morgan fingerprint density at radius 1 is 0.909 bits per heavy atom. The number of benzene rings is 2. The van der Waals surface area contributed by atoms with E-state index in [0.29, 0.717) is 20.6 Å². The maximum absolute atomic E-state index is 11.7. The Morgan fingerprint density at radius 2 is 1.41 bits per heavy atom. The fourth-order valence-electron chi connectivity index (χ4n) is 1.52. The first-order valence-corrected chi connectivity index (χ1v) is 7.31. The van der Waals surface area contributed by atoms with Gasteiger partial charge in [0.15, 0.2) is 0 Å². The Kier molecular flexibility index (Phi) is 6.01. The molecular weight excluding hydrogens is 345 g/mol. The van der Waals surface area contributed by atoms with Gasteiger partial charge < -0.3 is 4.84 Å². The first kappa shape index (κ1) is 16.6. The van der Waals surface area contributed by atoms with Crippen LogP contribution in [0.25, 0.3) is 5.03 Å². The average molecular weight is 355 g/mol. The van der Waals surface area contributed by atoms with E-state index < -0.39 is 5.97 Å². The quantitative estimate of drug-likeness (QED) is 0.418. The third kappa shape index (κ3) is 4.88. The number of carbonyl (C=O) groups excluding carboxylic acids is 1. The summed E-state index contributed by atoms with van der Waals surface area (Å²) >= 11 is 17.6. The highest BCUT2D eigenvalue weighted by Crippen LogP contribution is 2.20. The van der Waals surface area contributed by atoms with Crippen molar-refractivity contribution in [2.75, 3.05) is 0 Å². The Bertz CT molecular complexity index is 707. The molecule has 0 unspecified atom stereocenters. The van der Waals surface area contributed by atoms with Crippen molar-refractivity contribution in [1.82, 2.24) is 0 Å². The van der Waals surface area contributed by atoms with E-state index in [2.05, 4.69) is 5.16 Å². The van der Waals surface area contributed by atoms with Gasteiger partial charge in [-0.2, -0.15) is 0 Å². The maximum Gasteiger partial charge on any atom is 0.365 e. The number of hydrogen-bond acceptors (Lipinski definition) is 3. The van der Waals surface area contributed by atoms with E-state index in [1.54, 1.807) is 48.5 Å². The van der Waals surface area contributed by atoms with E-state index in [4.69, 9.17) is 39.6 Å². The van der Waals surface area contributed by atoms with Crippen LogP contribution in [-0.2, 0) is 4.84 Å². The molecule has 0 saturated carbocycles. The van der Waals surface area contributed by atoms with Gasteiger partial charge >= 0.3 is 5.97 Å². The predicted molar refractivity (Wildman–Crippen MR) is 90.6 cm³/mol. The highest BCUT2D eigenvalue weighted by atomic mass is 35.5. The van der Waals surface area contributed by atoms with Gasteiger partial charge in [-0.3, -0.25) is 0 Å². The molecular formula is C16H10Cl3NO2. The zero-order valence-corrected chi connectivity index (χ0v) is 13.4. The van der Waals surface area contributed by atoms with Crippen molar-refractivity contribution in [1.29, 1.82) is 0 Å². The number of rotatable bonds is 4. The summed E-state index contributed by atoms with van der Waals surface area (Å²) in [6, 6.07) is 13.3. The molecule has 0 fully saturated rings. The van der Waals surface area contributed by atoms with Crippen LogP contribution in [0, 0.1) is 0 Å². The second-order valence-corrected chi connectivity index (χ2v) is 5.44. The molecule has 0 bridgehead atoms. The molecule has 0 aliphatic heterocycles. The third-order valence-electron chi connectivity index (χ3n) is 2.62. The van der Waals surface area contributed by atoms with Crippen LogP contribution in [0.15, 0.2) is 59.8 Å². The van der Waals surface area contributed by atoms with E-state index in [0.717, 1.165) is 5.56 Å². The van der Waals surface area contributed by atoms with E-state index >= 15 is 0 Å². The second kappa shape index (κ2) is 7.99. The van der Waals surface area contributed by atoms with Crippen LogP contribution in [0.2, 0.25) is 10.0 Å². The van der Waals surface area contributed by atoms with Crippen molar-refractivity contribution in [3.05, 3.63) is 75.8 Å². The molecule has 0 spiro atoms. The SMILES string of the molecule is O=C(O/N=C\C=C(\Cl)c1ccc(Cl)cc1)c1ccc(Cl)cc1. The molecule has 0 aliphatic rings. The molecule has 0 aliphatic carbocycles. The summed E-state index contributed by atoms with van der Waals surface area (Å²) in [7, 11) is 0. The standard InChI is InChI=1S/C16H10Cl3NO2/c17-13-5-1-11(2-6-13)15(19)9-10-20-22-16(21)12-3-7-14(18)8-4-12/h1-10H/b15-9+,20-10-. The number of allylic oxidation sites excluding steroid dienone is 1. The van der Waals surface area contributed by atoms with E-state index in [-0.39, 0.29) is 0 Å². The minimum absolute atomic E-state index is 0.356. The van der Waals surface area contributed by atoms with Crippen molar-refractivity contribution in [3.63, 3.8) is 0 Å². The molecule has 0 saturated heterocycles. The summed E-state index contributed by atoms with van der Waals surface area (Å²) in [6.45, 7) is 0. The van der Waals surface area contributed by atoms with Crippen molar-refractivity contribution in [2.45, 2.75) is 0 Å². The fraction of sp³-hybridized carbons (Fsp3) is 0. The number of nitrogens with zero attached hydrogens (tertiary/aromatic N) is 1. The van der Waals surface area contributed by atoms with Crippen LogP contribution in [-0.4, -0.2) is 12.2 Å². The van der Waals surface area contributed by atoms with Crippen molar-refractivity contribution in [2.24, 2.45) is 5.16 Å². The molecule has 22 heavy (non-hydrogen) atoms. The van der Waals surface area contributed by atoms with Crippen LogP contribution in [0.4, 0.5) is 0 Å². The zero-order chi connectivity index (χ0) is 15.9. The molecule has 2 aromatic rings. The van der Waals surface area contributed by atoms with Crippen LogP contribution in [0.3, 0.4) is 0 Å². The zero-order valence-electron chi connectivity index (χ0n) is 11.2. The Balaban J connectivity index is 1.94. The normalized spacial score (nSPS) is 11.7. The molecule has 2 aromatic carbocycles. The fourth-order valence-corrected chi connectivity index (χ4v) is 1.95. The number of oxime groups is 1. The van der Waals surface area contributed by atoms with Crippen LogP contribution in [0.1, 0.15) is 15.9 Å². The van der Waals surface area contributed by atoms with Gasteiger partial charge in [-0.25, -0.2) is 4.79 Å². The first-order valence-electron chi connectivity index (χ1n) is 6.18. The highest BCUT2D eigenvalue weighted by Gasteiger charge is 2.05. The van der Waals surface area contributed by atoms with Gasteiger partial charge in [-0.1, -0.05) is 52.1 Å². The maximum atomic E-state index is 11.7. The Hall–Kier alpha value is -1.81. The van der Waals surface area contributed by atoms with Gasteiger partial charge in [0.05, 0.1) is 11.8 Å². The molecule has 0 atom stereocenters. The summed E-state index contributed by atoms with van der Waals surface area (Å²) in [5, 5.41) is 5.17. The lowest BCUT2D eigenvalue weighted by Crippen LogP contribution is -2.00. The second-order valence-electron chi connectivity index (χ2n) is 4.16. The van der Waals surface area contributed by atoms with E-state index in [1.807, 2.05) is 0 Å². The van der Waals surface area contributed by atoms with E-state index in [1.165, 1.54) is 12.3 Å². The summed E-state index contributed by atoms with van der Waals surface area (Å²) < 4.78 is 0. The van der Waals surface area contributed by atoms with Crippen LogP contribution < -0.4 is 0 Å². The summed E-state index contributed by atoms with van der Waals surface area (Å²) in [5.74, 6) is -0.580. The molecule has 0 N–H and O–H groups in total. The van der Waals surface area contributed by atoms with Gasteiger partial charge in [0.2, 0.25) is 0 Å². The topological polar surface area (TPSA) is 38.7 Å². The third-order valence-corrected chi connectivity index (χ3v) is 3.47. The lowest BCUT2D eigenvalue weighted by molar-refractivity contribution is 0.0519. The molecule has 0 heterocycles. The van der Waals surface area contributed by atoms with Gasteiger partial charge in [-0.05, 0) is 48.0 Å². The minimum Gasteiger partial charge on any atom is -0.313 e. The molecule has 0 amide bonds. The molecule has 3 nitrogen and oxygen atoms in total. The van der Waals surface area contributed by atoms with E-state index in [9.17, 15) is 4.79 Å². The smallest absolute Gasteiger partial charge is 0.313 e. The number of carbonyl (C=O) groups is 1. The monoisotopic (exact) mass is 353 g/mol. The lowest BCUT2D eigenvalue weighted by atomic mass is 10.2. The average Bonchev–Trinajstić information content (AvgIpc) is 2.52. The predicted octanol–water partition coefficient (Wildman–Crippen LogP) is 5.42. The summed E-state index contributed by atoms with van der Waals surface area (Å²) in [4.78, 5) is 16.4. The van der Waals surface area contributed by atoms with Gasteiger partial charge in [-0.15, -0.1) is 0 Å². The van der Waals surface area contributed by atoms with Crippen LogP contribution in [0.5, 0.6) is 0 Å². The molecule has 112 valence electrons. The molecule has 0 radical (unpaired) electrons. The van der Waals surface area contributed by atoms with Crippen molar-refractivity contribution < 1.29 is 9.63 Å². The van der Waals surface area contributed by atoms with Gasteiger partial charge in [0, 0.05) is 15.1 Å². The van der Waals surface area contributed by atoms with Crippen LogP contribution >= 0.6 is 34.8 Å². The largest absolute Gasteiger partial charge is 0.365 e. The van der Waals surface area contributed by atoms with Gasteiger partial charge in [0.1, 0.15) is 0 Å². The number of hydrogen-bond donors (Lipinski definition) is 0. The summed E-state index contributed by atoms with van der Waals surface area (Å²) in [6.07, 6.45) is 2.81. The molecule has 6 heteroatoms. The number of halogens is 3. The lowest BCUT2D eigenvalue weighted by Gasteiger charge is -1.98. The first-order chi connectivity index (χ1) is 10.6. The Morgan fingerprint density at radius 3 is 1.95 bits per heavy atom. The Labute approximate surface area is 142 Å². The van der Waals surface area contributed by atoms with Crippen molar-refractivity contribution in [3.8, 4) is 0 Å². The highest BCUT2D eigenvalue weighted by molar-refractivity contribution is 6.49. The summed E-state index contributed by atoms with van der Waals surface area (Å²) in [5.41, 5.74) is 1.14. The minimum atomic E-state index is -0.580.